The minimum Gasteiger partial charge on any atom is -0.383 e. The summed E-state index contributed by atoms with van der Waals surface area (Å²) in [5.41, 5.74) is 4.04. The van der Waals surface area contributed by atoms with E-state index >= 15 is 0 Å². The molecule has 5 rings (SSSR count). The van der Waals surface area contributed by atoms with Crippen molar-refractivity contribution in [1.29, 1.82) is 0 Å². The maximum atomic E-state index is 11.7. The molecule has 2 fully saturated rings. The first kappa shape index (κ1) is 20.0. The van der Waals surface area contributed by atoms with Gasteiger partial charge in [0.25, 0.3) is 0 Å². The van der Waals surface area contributed by atoms with Crippen molar-refractivity contribution in [2.75, 3.05) is 38.8 Å². The van der Waals surface area contributed by atoms with Crippen molar-refractivity contribution < 1.29 is 14.3 Å². The Morgan fingerprint density at radius 2 is 2.26 bits per heavy atom. The van der Waals surface area contributed by atoms with Gasteiger partial charge in [-0.25, -0.2) is 9.50 Å². The van der Waals surface area contributed by atoms with Crippen LogP contribution in [0.1, 0.15) is 37.4 Å². The summed E-state index contributed by atoms with van der Waals surface area (Å²) in [5.74, 6) is 0.836. The monoisotopic (exact) mass is 425 g/mol. The minimum atomic E-state index is 0.0813. The van der Waals surface area contributed by atoms with Crippen molar-refractivity contribution in [3.8, 4) is 11.1 Å². The number of anilines is 1. The Bertz CT molecular complexity index is 1080. The van der Waals surface area contributed by atoms with Crippen LogP contribution in [0.25, 0.3) is 16.6 Å². The van der Waals surface area contributed by atoms with Crippen molar-refractivity contribution in [3.05, 3.63) is 30.4 Å². The van der Waals surface area contributed by atoms with Gasteiger partial charge in [0.1, 0.15) is 0 Å². The molecule has 0 aromatic carbocycles. The van der Waals surface area contributed by atoms with Gasteiger partial charge in [-0.3, -0.25) is 9.48 Å². The normalized spacial score (nSPS) is 20.5. The maximum Gasteiger partial charge on any atom is 0.241 e. The lowest BCUT2D eigenvalue weighted by Gasteiger charge is -2.25. The third-order valence-corrected chi connectivity index (χ3v) is 5.93. The second-order valence-corrected chi connectivity index (χ2v) is 8.30. The number of piperidine rings is 1. The minimum absolute atomic E-state index is 0.0813. The lowest BCUT2D eigenvalue weighted by Crippen LogP contribution is -2.34. The Balaban J connectivity index is 1.53. The summed E-state index contributed by atoms with van der Waals surface area (Å²) in [5, 5.41) is 15.6. The van der Waals surface area contributed by atoms with Gasteiger partial charge in [-0.05, 0) is 19.4 Å². The van der Waals surface area contributed by atoms with Gasteiger partial charge in [0.05, 0.1) is 43.8 Å². The molecule has 2 aliphatic rings. The summed E-state index contributed by atoms with van der Waals surface area (Å²) >= 11 is 0. The number of ether oxygens (including phenoxy) is 2. The highest BCUT2D eigenvalue weighted by Crippen LogP contribution is 2.34. The van der Waals surface area contributed by atoms with Gasteiger partial charge >= 0.3 is 0 Å². The number of hydrogen-bond acceptors (Lipinski definition) is 7. The van der Waals surface area contributed by atoms with Gasteiger partial charge in [0.15, 0.2) is 0 Å². The second kappa shape index (κ2) is 8.27. The largest absolute Gasteiger partial charge is 0.383 e. The van der Waals surface area contributed by atoms with Crippen molar-refractivity contribution in [2.45, 2.75) is 37.8 Å². The summed E-state index contributed by atoms with van der Waals surface area (Å²) in [6.45, 7) is 4.58. The Kier molecular flexibility index (Phi) is 5.33. The molecule has 5 heterocycles. The zero-order valence-corrected chi connectivity index (χ0v) is 17.7. The van der Waals surface area contributed by atoms with Crippen molar-refractivity contribution in [3.63, 3.8) is 0 Å². The average molecular weight is 425 g/mol. The smallest absolute Gasteiger partial charge is 0.241 e. The van der Waals surface area contributed by atoms with Gasteiger partial charge in [-0.2, -0.15) is 5.10 Å². The molecule has 0 saturated carbocycles. The van der Waals surface area contributed by atoms with Crippen LogP contribution in [0, 0.1) is 0 Å². The van der Waals surface area contributed by atoms with Crippen LogP contribution < -0.4 is 10.6 Å². The first-order chi connectivity index (χ1) is 15.1. The van der Waals surface area contributed by atoms with Crippen LogP contribution in [0.4, 0.5) is 5.95 Å². The van der Waals surface area contributed by atoms with Gasteiger partial charge in [0.2, 0.25) is 11.9 Å². The summed E-state index contributed by atoms with van der Waals surface area (Å²) in [7, 11) is 1.67. The first-order valence-corrected chi connectivity index (χ1v) is 10.7. The maximum absolute atomic E-state index is 11.7. The summed E-state index contributed by atoms with van der Waals surface area (Å²) in [6.07, 6.45) is 7.10. The molecular formula is C21H27N7O3. The van der Waals surface area contributed by atoms with Gasteiger partial charge in [-0.15, -0.1) is 5.10 Å². The fourth-order valence-electron chi connectivity index (χ4n) is 4.15. The molecule has 31 heavy (non-hydrogen) atoms. The van der Waals surface area contributed by atoms with E-state index in [0.29, 0.717) is 44.8 Å². The Labute approximate surface area is 179 Å². The van der Waals surface area contributed by atoms with E-state index in [1.807, 2.05) is 28.5 Å². The number of aromatic nitrogens is 5. The first-order valence-electron chi connectivity index (χ1n) is 10.7. The average Bonchev–Trinajstić information content (AvgIpc) is 3.32. The summed E-state index contributed by atoms with van der Waals surface area (Å²) < 4.78 is 14.4. The third-order valence-electron chi connectivity index (χ3n) is 5.93. The highest BCUT2D eigenvalue weighted by Gasteiger charge is 2.26. The molecule has 1 unspecified atom stereocenters. The number of rotatable bonds is 7. The van der Waals surface area contributed by atoms with Crippen LogP contribution in [0.3, 0.4) is 0 Å². The predicted octanol–water partition coefficient (Wildman–Crippen LogP) is 1.60. The van der Waals surface area contributed by atoms with E-state index in [4.69, 9.17) is 14.6 Å². The molecule has 10 nitrogen and oxygen atoms in total. The van der Waals surface area contributed by atoms with E-state index < -0.39 is 0 Å². The molecule has 0 bridgehead atoms. The number of hydrogen-bond donors (Lipinski definition) is 2. The molecule has 1 amide bonds. The number of fused-ring (bicyclic) bond motifs is 1. The van der Waals surface area contributed by atoms with E-state index in [1.165, 1.54) is 0 Å². The standard InChI is InChI=1S/C21H27N7O3/c1-13(10-30-2)25-21-23-8-19-17(15-7-24-27(9-15)16-11-31-12-16)5-18(28(19)26-21)14-3-4-20(29)22-6-14/h5,7-9,13-14,16H,3-4,6,10-12H2,1-2H3,(H,22,29)(H,25,26)/t13-,14?/m0/s1. The Hall–Kier alpha value is -2.98. The number of amides is 1. The van der Waals surface area contributed by atoms with Crippen LogP contribution in [0.2, 0.25) is 0 Å². The second-order valence-electron chi connectivity index (χ2n) is 8.30. The molecule has 3 aromatic heterocycles. The fourth-order valence-corrected chi connectivity index (χ4v) is 4.15. The van der Waals surface area contributed by atoms with Crippen LogP contribution in [-0.2, 0) is 14.3 Å². The highest BCUT2D eigenvalue weighted by molar-refractivity contribution is 5.81. The Morgan fingerprint density at radius 3 is 2.97 bits per heavy atom. The fraction of sp³-hybridized carbons (Fsp3) is 0.524. The van der Waals surface area contributed by atoms with E-state index in [-0.39, 0.29) is 17.9 Å². The molecule has 0 spiro atoms. The van der Waals surface area contributed by atoms with Gasteiger partial charge in [-0.1, -0.05) is 0 Å². The van der Waals surface area contributed by atoms with Gasteiger partial charge in [0, 0.05) is 55.1 Å². The van der Waals surface area contributed by atoms with Crippen molar-refractivity contribution in [1.82, 2.24) is 29.7 Å². The quantitative estimate of drug-likeness (QED) is 0.592. The Morgan fingerprint density at radius 1 is 1.39 bits per heavy atom. The summed E-state index contributed by atoms with van der Waals surface area (Å²) in [6, 6.07) is 2.54. The van der Waals surface area contributed by atoms with E-state index in [2.05, 4.69) is 33.0 Å². The van der Waals surface area contributed by atoms with Crippen LogP contribution in [-0.4, -0.2) is 69.8 Å². The molecule has 0 aliphatic carbocycles. The zero-order chi connectivity index (χ0) is 21.4. The number of carbonyl (C=O) groups excluding carboxylic acids is 1. The molecule has 2 aliphatic heterocycles. The molecule has 2 N–H and O–H groups in total. The predicted molar refractivity (Wildman–Crippen MR) is 114 cm³/mol. The topological polar surface area (TPSA) is 108 Å². The molecule has 2 saturated heterocycles. The summed E-state index contributed by atoms with van der Waals surface area (Å²) in [4.78, 5) is 16.2. The lowest BCUT2D eigenvalue weighted by molar-refractivity contribution is -0.122. The van der Waals surface area contributed by atoms with Crippen molar-refractivity contribution >= 4 is 17.4 Å². The lowest BCUT2D eigenvalue weighted by atomic mass is 9.95. The van der Waals surface area contributed by atoms with Gasteiger partial charge < -0.3 is 20.1 Å². The highest BCUT2D eigenvalue weighted by atomic mass is 16.5. The molecule has 3 aromatic rings. The van der Waals surface area contributed by atoms with E-state index in [0.717, 1.165) is 28.8 Å². The van der Waals surface area contributed by atoms with Crippen LogP contribution in [0.5, 0.6) is 0 Å². The van der Waals surface area contributed by atoms with Crippen LogP contribution >= 0.6 is 0 Å². The van der Waals surface area contributed by atoms with E-state index in [1.54, 1.807) is 7.11 Å². The van der Waals surface area contributed by atoms with Crippen molar-refractivity contribution in [2.24, 2.45) is 0 Å². The molecule has 10 heteroatoms. The van der Waals surface area contributed by atoms with Crippen LogP contribution in [0.15, 0.2) is 24.7 Å². The molecular weight excluding hydrogens is 398 g/mol. The number of nitrogens with one attached hydrogen (secondary N) is 2. The SMILES string of the molecule is COC[C@H](C)Nc1ncc2c(-c3cnn(C4COC4)c3)cc(C3CCC(=O)NC3)n2n1. The zero-order valence-electron chi connectivity index (χ0n) is 17.7. The molecule has 164 valence electrons. The third kappa shape index (κ3) is 3.88. The number of carbonyl (C=O) groups is 1. The molecule has 0 radical (unpaired) electrons. The van der Waals surface area contributed by atoms with E-state index in [9.17, 15) is 4.79 Å². The number of methoxy groups -OCH3 is 1. The molecule has 2 atom stereocenters. The number of nitrogens with zero attached hydrogens (tertiary/aromatic N) is 5.